The summed E-state index contributed by atoms with van der Waals surface area (Å²) in [6, 6.07) is 2.02. The third-order valence-corrected chi connectivity index (χ3v) is 4.28. The number of aryl methyl sites for hydroxylation is 1. The highest BCUT2D eigenvalue weighted by Gasteiger charge is 2.11. The molecule has 0 saturated carbocycles. The van der Waals surface area contributed by atoms with E-state index in [2.05, 4.69) is 15.0 Å². The minimum atomic E-state index is -0.493. The van der Waals surface area contributed by atoms with E-state index in [0.717, 1.165) is 22.0 Å². The Bertz CT molecular complexity index is 736. The first-order valence-electron chi connectivity index (χ1n) is 6.15. The van der Waals surface area contributed by atoms with Crippen molar-refractivity contribution in [3.05, 3.63) is 51.7 Å². The summed E-state index contributed by atoms with van der Waals surface area (Å²) in [4.78, 5) is 24.3. The highest BCUT2D eigenvalue weighted by molar-refractivity contribution is 7.14. The van der Waals surface area contributed by atoms with E-state index in [4.69, 9.17) is 4.74 Å². The van der Waals surface area contributed by atoms with E-state index in [1.807, 2.05) is 29.1 Å². The molecule has 3 heterocycles. The summed E-state index contributed by atoms with van der Waals surface area (Å²) in [7, 11) is 0. The number of carbonyl (C=O) groups is 1. The Morgan fingerprint density at radius 3 is 2.90 bits per heavy atom. The molecule has 0 spiro atoms. The van der Waals surface area contributed by atoms with E-state index in [-0.39, 0.29) is 12.3 Å². The van der Waals surface area contributed by atoms with Crippen LogP contribution in [0.15, 0.2) is 34.6 Å². The largest absolute Gasteiger partial charge is 0.454 e. The molecule has 0 radical (unpaired) electrons. The molecule has 0 atom stereocenters. The number of esters is 1. The Balaban J connectivity index is 1.62. The molecule has 0 aliphatic heterocycles. The molecule has 0 aliphatic rings. The van der Waals surface area contributed by atoms with Crippen LogP contribution in [-0.4, -0.2) is 20.9 Å². The van der Waals surface area contributed by atoms with Gasteiger partial charge >= 0.3 is 5.97 Å². The molecule has 0 saturated heterocycles. The number of carbonyl (C=O) groups excluding carboxylic acids is 1. The van der Waals surface area contributed by atoms with Gasteiger partial charge in [-0.15, -0.1) is 11.3 Å². The smallest absolute Gasteiger partial charge is 0.358 e. The van der Waals surface area contributed by atoms with E-state index in [1.54, 1.807) is 11.3 Å². The molecule has 3 aromatic heterocycles. The maximum Gasteiger partial charge on any atom is 0.358 e. The summed E-state index contributed by atoms with van der Waals surface area (Å²) in [6.07, 6.45) is 2.95. The first kappa shape index (κ1) is 13.8. The predicted octanol–water partition coefficient (Wildman–Crippen LogP) is 3.33. The van der Waals surface area contributed by atoms with Crippen LogP contribution in [0.5, 0.6) is 0 Å². The lowest BCUT2D eigenvalue weighted by atomic mass is 10.4. The Hall–Kier alpha value is -2.12. The van der Waals surface area contributed by atoms with Gasteiger partial charge in [-0.25, -0.2) is 14.8 Å². The van der Waals surface area contributed by atoms with Gasteiger partial charge in [-0.3, -0.25) is 4.98 Å². The fraction of sp³-hybridized carbons (Fsp3) is 0.143. The van der Waals surface area contributed by atoms with Crippen molar-refractivity contribution >= 4 is 28.6 Å². The van der Waals surface area contributed by atoms with Gasteiger partial charge in [0.2, 0.25) is 0 Å². The lowest BCUT2D eigenvalue weighted by molar-refractivity contribution is 0.0461. The van der Waals surface area contributed by atoms with E-state index in [0.29, 0.717) is 0 Å². The van der Waals surface area contributed by atoms with Crippen molar-refractivity contribution in [2.75, 3.05) is 0 Å². The molecule has 0 fully saturated rings. The first-order chi connectivity index (χ1) is 10.2. The fourth-order valence-corrected chi connectivity index (χ4v) is 3.12. The SMILES string of the molecule is Cc1cnc(C(=O)OCc2csc(-c3ccsc3)n2)cn1. The van der Waals surface area contributed by atoms with Crippen molar-refractivity contribution in [3.8, 4) is 10.6 Å². The van der Waals surface area contributed by atoms with Crippen molar-refractivity contribution < 1.29 is 9.53 Å². The summed E-state index contributed by atoms with van der Waals surface area (Å²) in [5.74, 6) is -0.493. The van der Waals surface area contributed by atoms with Crippen LogP contribution in [0.2, 0.25) is 0 Å². The maximum absolute atomic E-state index is 11.8. The van der Waals surface area contributed by atoms with Gasteiger partial charge in [-0.05, 0) is 18.4 Å². The summed E-state index contributed by atoms with van der Waals surface area (Å²) < 4.78 is 5.19. The molecule has 3 aromatic rings. The maximum atomic E-state index is 11.8. The molecule has 0 aromatic carbocycles. The molecule has 7 heteroatoms. The summed E-state index contributed by atoms with van der Waals surface area (Å²) >= 11 is 3.16. The van der Waals surface area contributed by atoms with Crippen LogP contribution in [0.4, 0.5) is 0 Å². The minimum Gasteiger partial charge on any atom is -0.454 e. The van der Waals surface area contributed by atoms with Gasteiger partial charge in [-0.2, -0.15) is 11.3 Å². The zero-order chi connectivity index (χ0) is 14.7. The standard InChI is InChI=1S/C14H11N3O2S2/c1-9-4-16-12(5-15-9)14(18)19-6-11-8-21-13(17-11)10-2-3-20-7-10/h2-5,7-8H,6H2,1H3. The van der Waals surface area contributed by atoms with E-state index < -0.39 is 5.97 Å². The van der Waals surface area contributed by atoms with Crippen LogP contribution in [0.1, 0.15) is 21.9 Å². The van der Waals surface area contributed by atoms with Crippen LogP contribution in [0.25, 0.3) is 10.6 Å². The number of nitrogens with zero attached hydrogens (tertiary/aromatic N) is 3. The quantitative estimate of drug-likeness (QED) is 0.691. The second-order valence-electron chi connectivity index (χ2n) is 4.28. The molecule has 0 aliphatic carbocycles. The number of ether oxygens (including phenoxy) is 1. The first-order valence-corrected chi connectivity index (χ1v) is 7.97. The molecule has 106 valence electrons. The normalized spacial score (nSPS) is 10.5. The molecule has 0 N–H and O–H groups in total. The number of hydrogen-bond acceptors (Lipinski definition) is 7. The highest BCUT2D eigenvalue weighted by atomic mass is 32.1. The van der Waals surface area contributed by atoms with Gasteiger partial charge in [0.1, 0.15) is 11.6 Å². The Morgan fingerprint density at radius 2 is 2.19 bits per heavy atom. The molecular weight excluding hydrogens is 306 g/mol. The Morgan fingerprint density at radius 1 is 1.29 bits per heavy atom. The molecule has 3 rings (SSSR count). The van der Waals surface area contributed by atoms with Gasteiger partial charge in [0.15, 0.2) is 5.69 Å². The molecule has 0 bridgehead atoms. The van der Waals surface area contributed by atoms with Crippen LogP contribution in [-0.2, 0) is 11.3 Å². The van der Waals surface area contributed by atoms with Gasteiger partial charge < -0.3 is 4.74 Å². The van der Waals surface area contributed by atoms with Crippen LogP contribution < -0.4 is 0 Å². The third kappa shape index (κ3) is 3.32. The van der Waals surface area contributed by atoms with Crippen molar-refractivity contribution in [2.24, 2.45) is 0 Å². The second-order valence-corrected chi connectivity index (χ2v) is 5.91. The molecule has 0 amide bonds. The average Bonchev–Trinajstić information content (AvgIpc) is 3.16. The zero-order valence-electron chi connectivity index (χ0n) is 11.1. The van der Waals surface area contributed by atoms with Crippen LogP contribution in [0.3, 0.4) is 0 Å². The third-order valence-electron chi connectivity index (χ3n) is 2.66. The van der Waals surface area contributed by atoms with E-state index in [1.165, 1.54) is 23.7 Å². The monoisotopic (exact) mass is 317 g/mol. The number of thiazole rings is 1. The predicted molar refractivity (Wildman–Crippen MR) is 81.3 cm³/mol. The Labute approximate surface area is 129 Å². The number of aromatic nitrogens is 3. The average molecular weight is 317 g/mol. The topological polar surface area (TPSA) is 65.0 Å². The van der Waals surface area contributed by atoms with Crippen molar-refractivity contribution in [1.82, 2.24) is 15.0 Å². The van der Waals surface area contributed by atoms with E-state index >= 15 is 0 Å². The molecule has 21 heavy (non-hydrogen) atoms. The summed E-state index contributed by atoms with van der Waals surface area (Å²) in [5, 5.41) is 6.86. The number of hydrogen-bond donors (Lipinski definition) is 0. The van der Waals surface area contributed by atoms with Gasteiger partial charge in [0, 0.05) is 22.5 Å². The second kappa shape index (κ2) is 6.11. The van der Waals surface area contributed by atoms with E-state index in [9.17, 15) is 4.79 Å². The number of thiophene rings is 1. The van der Waals surface area contributed by atoms with Crippen molar-refractivity contribution in [2.45, 2.75) is 13.5 Å². The zero-order valence-corrected chi connectivity index (χ0v) is 12.8. The fourth-order valence-electron chi connectivity index (χ4n) is 1.60. The molecule has 5 nitrogen and oxygen atoms in total. The van der Waals surface area contributed by atoms with Gasteiger partial charge in [0.05, 0.1) is 17.6 Å². The summed E-state index contributed by atoms with van der Waals surface area (Å²) in [6.45, 7) is 1.94. The lowest BCUT2D eigenvalue weighted by Gasteiger charge is -2.01. The molecule has 0 unspecified atom stereocenters. The molecular formula is C14H11N3O2S2. The van der Waals surface area contributed by atoms with Crippen molar-refractivity contribution in [3.63, 3.8) is 0 Å². The Kier molecular flexibility index (Phi) is 4.03. The lowest BCUT2D eigenvalue weighted by Crippen LogP contribution is -2.08. The van der Waals surface area contributed by atoms with Crippen LogP contribution in [0, 0.1) is 6.92 Å². The number of rotatable bonds is 4. The van der Waals surface area contributed by atoms with Crippen molar-refractivity contribution in [1.29, 1.82) is 0 Å². The van der Waals surface area contributed by atoms with Gasteiger partial charge in [-0.1, -0.05) is 0 Å². The van der Waals surface area contributed by atoms with Crippen LogP contribution >= 0.6 is 22.7 Å². The highest BCUT2D eigenvalue weighted by Crippen LogP contribution is 2.25. The van der Waals surface area contributed by atoms with Gasteiger partial charge in [0.25, 0.3) is 0 Å². The summed E-state index contributed by atoms with van der Waals surface area (Å²) in [5.41, 5.74) is 2.78. The minimum absolute atomic E-state index is 0.134.